The first-order chi connectivity index (χ1) is 15.4. The van der Waals surface area contributed by atoms with Crippen LogP contribution in [0.3, 0.4) is 0 Å². The molecule has 1 amide bonds. The van der Waals surface area contributed by atoms with Crippen molar-refractivity contribution in [2.75, 3.05) is 22.7 Å². The summed E-state index contributed by atoms with van der Waals surface area (Å²) in [6, 6.07) is 22.7. The van der Waals surface area contributed by atoms with E-state index in [4.69, 9.17) is 0 Å². The molecule has 1 atom stereocenters. The molecular weight excluding hydrogens is 422 g/mol. The first kappa shape index (κ1) is 21.9. The van der Waals surface area contributed by atoms with E-state index in [1.54, 1.807) is 42.5 Å². The van der Waals surface area contributed by atoms with Gasteiger partial charge in [0.2, 0.25) is 0 Å². The lowest BCUT2D eigenvalue weighted by molar-refractivity contribution is 0.0940. The fourth-order valence-corrected chi connectivity index (χ4v) is 4.90. The van der Waals surface area contributed by atoms with Gasteiger partial charge >= 0.3 is 0 Å². The molecule has 32 heavy (non-hydrogen) atoms. The average Bonchev–Trinajstić information content (AvgIpc) is 3.35. The second kappa shape index (κ2) is 9.44. The Bertz CT molecular complexity index is 1160. The van der Waals surface area contributed by atoms with Crippen LogP contribution in [0, 0.1) is 0 Å². The molecular formula is C25H27N3O3S. The summed E-state index contributed by atoms with van der Waals surface area (Å²) < 4.78 is 27.4. The maximum atomic E-state index is 12.7. The fraction of sp³-hybridized carbons (Fsp3) is 0.240. The monoisotopic (exact) mass is 449 g/mol. The number of hydrogen-bond donors (Lipinski definition) is 2. The Morgan fingerprint density at radius 2 is 1.50 bits per heavy atom. The molecule has 1 unspecified atom stereocenters. The van der Waals surface area contributed by atoms with Gasteiger partial charge in [0, 0.05) is 30.0 Å². The normalized spacial score (nSPS) is 14.7. The van der Waals surface area contributed by atoms with Crippen LogP contribution >= 0.6 is 0 Å². The number of benzene rings is 3. The summed E-state index contributed by atoms with van der Waals surface area (Å²) in [6.07, 6.45) is 2.47. The highest BCUT2D eigenvalue weighted by Crippen LogP contribution is 2.23. The van der Waals surface area contributed by atoms with Gasteiger partial charge in [-0.2, -0.15) is 0 Å². The molecule has 0 aliphatic carbocycles. The fourth-order valence-electron chi connectivity index (χ4n) is 3.82. The quantitative estimate of drug-likeness (QED) is 0.554. The van der Waals surface area contributed by atoms with E-state index in [0.717, 1.165) is 18.7 Å². The van der Waals surface area contributed by atoms with Gasteiger partial charge in [-0.15, -0.1) is 0 Å². The van der Waals surface area contributed by atoms with Crippen molar-refractivity contribution in [1.29, 1.82) is 0 Å². The summed E-state index contributed by atoms with van der Waals surface area (Å²) in [4.78, 5) is 15.2. The first-order valence-corrected chi connectivity index (χ1v) is 12.2. The number of rotatable bonds is 7. The summed E-state index contributed by atoms with van der Waals surface area (Å²) >= 11 is 0. The van der Waals surface area contributed by atoms with Crippen molar-refractivity contribution in [2.45, 2.75) is 30.7 Å². The molecule has 1 heterocycles. The predicted octanol–water partition coefficient (Wildman–Crippen LogP) is 4.58. The van der Waals surface area contributed by atoms with Crippen molar-refractivity contribution in [2.24, 2.45) is 0 Å². The smallest absolute Gasteiger partial charge is 0.261 e. The minimum atomic E-state index is -3.67. The van der Waals surface area contributed by atoms with Crippen molar-refractivity contribution in [1.82, 2.24) is 5.32 Å². The van der Waals surface area contributed by atoms with Gasteiger partial charge in [0.25, 0.3) is 15.9 Å². The standard InChI is InChI=1S/C25H27N3O3S/c1-19(20-11-15-23(16-12-20)28-17-5-6-18-28)26-25(29)21-9-13-22(14-10-21)27-32(30,31)24-7-3-2-4-8-24/h2-4,7-16,19,27H,5-6,17-18H2,1H3,(H,26,29). The molecule has 2 N–H and O–H groups in total. The number of carbonyl (C=O) groups excluding carboxylic acids is 1. The van der Waals surface area contributed by atoms with E-state index >= 15 is 0 Å². The number of amides is 1. The van der Waals surface area contributed by atoms with Crippen LogP contribution in [0.15, 0.2) is 83.8 Å². The molecule has 166 valence electrons. The van der Waals surface area contributed by atoms with E-state index in [2.05, 4.69) is 39.2 Å². The maximum Gasteiger partial charge on any atom is 0.261 e. The maximum absolute atomic E-state index is 12.7. The highest BCUT2D eigenvalue weighted by atomic mass is 32.2. The van der Waals surface area contributed by atoms with Crippen LogP contribution in [0.4, 0.5) is 11.4 Å². The Balaban J connectivity index is 1.37. The van der Waals surface area contributed by atoms with Crippen LogP contribution in [0.1, 0.15) is 41.7 Å². The number of anilines is 2. The SMILES string of the molecule is CC(NC(=O)c1ccc(NS(=O)(=O)c2ccccc2)cc1)c1ccc(N2CCCC2)cc1. The summed E-state index contributed by atoms with van der Waals surface area (Å²) in [5.74, 6) is -0.210. The second-order valence-electron chi connectivity index (χ2n) is 7.98. The molecule has 1 saturated heterocycles. The largest absolute Gasteiger partial charge is 0.372 e. The van der Waals surface area contributed by atoms with Crippen LogP contribution in [0.25, 0.3) is 0 Å². The zero-order valence-corrected chi connectivity index (χ0v) is 18.8. The molecule has 4 rings (SSSR count). The Hall–Kier alpha value is -3.32. The number of carbonyl (C=O) groups is 1. The van der Waals surface area contributed by atoms with Gasteiger partial charge in [-0.05, 0) is 73.9 Å². The van der Waals surface area contributed by atoms with Crippen molar-refractivity contribution < 1.29 is 13.2 Å². The van der Waals surface area contributed by atoms with Crippen molar-refractivity contribution in [3.8, 4) is 0 Å². The summed E-state index contributed by atoms with van der Waals surface area (Å²) in [6.45, 7) is 4.15. The van der Waals surface area contributed by atoms with Crippen molar-refractivity contribution in [3.05, 3.63) is 90.0 Å². The summed E-state index contributed by atoms with van der Waals surface area (Å²) in [5.41, 5.74) is 3.12. The third-order valence-corrected chi connectivity index (χ3v) is 7.06. The Labute approximate surface area is 189 Å². The highest BCUT2D eigenvalue weighted by molar-refractivity contribution is 7.92. The van der Waals surface area contributed by atoms with Gasteiger partial charge in [-0.25, -0.2) is 8.42 Å². The van der Waals surface area contributed by atoms with Crippen LogP contribution in [0.5, 0.6) is 0 Å². The van der Waals surface area contributed by atoms with Gasteiger partial charge in [-0.1, -0.05) is 30.3 Å². The Morgan fingerprint density at radius 3 is 2.12 bits per heavy atom. The van der Waals surface area contributed by atoms with Gasteiger partial charge in [0.1, 0.15) is 0 Å². The Morgan fingerprint density at radius 1 is 0.875 bits per heavy atom. The lowest BCUT2D eigenvalue weighted by atomic mass is 10.1. The number of sulfonamides is 1. The molecule has 1 aliphatic heterocycles. The van der Waals surface area contributed by atoms with Gasteiger partial charge in [0.15, 0.2) is 0 Å². The number of hydrogen-bond acceptors (Lipinski definition) is 4. The van der Waals surface area contributed by atoms with Crippen molar-refractivity contribution in [3.63, 3.8) is 0 Å². The third kappa shape index (κ3) is 5.11. The van der Waals surface area contributed by atoms with E-state index < -0.39 is 10.0 Å². The summed E-state index contributed by atoms with van der Waals surface area (Å²) in [5, 5.41) is 3.00. The van der Waals surface area contributed by atoms with Crippen LogP contribution < -0.4 is 14.9 Å². The van der Waals surface area contributed by atoms with E-state index in [9.17, 15) is 13.2 Å². The van der Waals surface area contributed by atoms with Gasteiger partial charge < -0.3 is 10.2 Å². The second-order valence-corrected chi connectivity index (χ2v) is 9.66. The topological polar surface area (TPSA) is 78.5 Å². The van der Waals surface area contributed by atoms with Gasteiger partial charge in [-0.3, -0.25) is 9.52 Å². The zero-order valence-electron chi connectivity index (χ0n) is 18.0. The molecule has 0 saturated carbocycles. The molecule has 3 aromatic carbocycles. The highest BCUT2D eigenvalue weighted by Gasteiger charge is 2.16. The minimum absolute atomic E-state index is 0.147. The zero-order chi connectivity index (χ0) is 22.6. The number of nitrogens with zero attached hydrogens (tertiary/aromatic N) is 1. The Kier molecular flexibility index (Phi) is 6.46. The van der Waals surface area contributed by atoms with E-state index in [-0.39, 0.29) is 16.8 Å². The van der Waals surface area contributed by atoms with Crippen molar-refractivity contribution >= 4 is 27.3 Å². The molecule has 6 nitrogen and oxygen atoms in total. The lowest BCUT2D eigenvalue weighted by Gasteiger charge is -2.19. The van der Waals surface area contributed by atoms with E-state index in [0.29, 0.717) is 11.3 Å². The number of nitrogens with one attached hydrogen (secondary N) is 2. The average molecular weight is 450 g/mol. The molecule has 0 spiro atoms. The molecule has 0 bridgehead atoms. The van der Waals surface area contributed by atoms with Crippen LogP contribution in [0.2, 0.25) is 0 Å². The minimum Gasteiger partial charge on any atom is -0.372 e. The lowest BCUT2D eigenvalue weighted by Crippen LogP contribution is -2.26. The molecule has 1 aliphatic rings. The molecule has 7 heteroatoms. The van der Waals surface area contributed by atoms with Crippen LogP contribution in [-0.4, -0.2) is 27.4 Å². The third-order valence-electron chi connectivity index (χ3n) is 5.66. The molecule has 0 aromatic heterocycles. The first-order valence-electron chi connectivity index (χ1n) is 10.8. The molecule has 1 fully saturated rings. The van der Waals surface area contributed by atoms with E-state index in [1.165, 1.54) is 30.7 Å². The summed E-state index contributed by atoms with van der Waals surface area (Å²) in [7, 11) is -3.67. The van der Waals surface area contributed by atoms with Gasteiger partial charge in [0.05, 0.1) is 10.9 Å². The predicted molar refractivity (Wildman–Crippen MR) is 127 cm³/mol. The van der Waals surface area contributed by atoms with Crippen LogP contribution in [-0.2, 0) is 10.0 Å². The molecule has 3 aromatic rings. The molecule has 0 radical (unpaired) electrons. The van der Waals surface area contributed by atoms with E-state index in [1.807, 2.05) is 6.92 Å².